The van der Waals surface area contributed by atoms with E-state index in [0.717, 1.165) is 23.1 Å². The van der Waals surface area contributed by atoms with Crippen LogP contribution in [0.3, 0.4) is 0 Å². The van der Waals surface area contributed by atoms with Gasteiger partial charge in [0, 0.05) is 17.1 Å². The second-order valence-electron chi connectivity index (χ2n) is 6.68. The Morgan fingerprint density at radius 2 is 1.88 bits per heavy atom. The molecule has 2 aromatic carbocycles. The van der Waals surface area contributed by atoms with Gasteiger partial charge < -0.3 is 14.8 Å². The molecule has 0 atom stereocenters. The van der Waals surface area contributed by atoms with Crippen LogP contribution < -0.4 is 4.74 Å². The molecule has 0 fully saturated rings. The highest BCUT2D eigenvalue weighted by Gasteiger charge is 2.13. The van der Waals surface area contributed by atoms with E-state index in [0.29, 0.717) is 26.2 Å². The van der Waals surface area contributed by atoms with Crippen molar-refractivity contribution < 1.29 is 14.6 Å². The molecule has 1 aromatic heterocycles. The van der Waals surface area contributed by atoms with E-state index in [2.05, 4.69) is 56.9 Å². The number of benzene rings is 2. The first-order valence-corrected chi connectivity index (χ1v) is 9.89. The normalized spacial score (nSPS) is 11.3. The quantitative estimate of drug-likeness (QED) is 0.434. The SMILES string of the molecule is CC(C)Cc1c[nH]c2ccc(Oc3c(Br)cc(CC(=O)O)cc3Br)cc12. The highest BCUT2D eigenvalue weighted by molar-refractivity contribution is 9.11. The van der Waals surface area contributed by atoms with Gasteiger partial charge in [-0.3, -0.25) is 4.79 Å². The zero-order valence-corrected chi connectivity index (χ0v) is 17.6. The van der Waals surface area contributed by atoms with Crippen LogP contribution in [-0.2, 0) is 17.6 Å². The number of aromatic nitrogens is 1. The molecule has 0 unspecified atom stereocenters. The maximum absolute atomic E-state index is 10.9. The molecule has 0 aliphatic heterocycles. The molecule has 0 radical (unpaired) electrons. The molecule has 0 aliphatic carbocycles. The van der Waals surface area contributed by atoms with Crippen LogP contribution in [0.5, 0.6) is 11.5 Å². The molecule has 0 bridgehead atoms. The van der Waals surface area contributed by atoms with Gasteiger partial charge in [0.2, 0.25) is 0 Å². The van der Waals surface area contributed by atoms with Crippen LogP contribution >= 0.6 is 31.9 Å². The predicted octanol–water partition coefficient (Wildman–Crippen LogP) is 6.31. The van der Waals surface area contributed by atoms with E-state index >= 15 is 0 Å². The Morgan fingerprint density at radius 3 is 2.50 bits per heavy atom. The second kappa shape index (κ2) is 7.84. The van der Waals surface area contributed by atoms with Crippen molar-refractivity contribution >= 4 is 48.7 Å². The molecule has 2 N–H and O–H groups in total. The number of carboxylic acid groups (broad SMARTS) is 1. The topological polar surface area (TPSA) is 62.3 Å². The standard InChI is InChI=1S/C20H19Br2NO3/c1-11(2)5-13-10-23-18-4-3-14(9-15(13)18)26-20-16(21)6-12(7-17(20)22)8-19(24)25/h3-4,6-7,9-11,23H,5,8H2,1-2H3,(H,24,25). The van der Waals surface area contributed by atoms with Crippen molar-refractivity contribution in [3.63, 3.8) is 0 Å². The lowest BCUT2D eigenvalue weighted by atomic mass is 10.0. The summed E-state index contributed by atoms with van der Waals surface area (Å²) in [5.41, 5.74) is 3.06. The molecule has 26 heavy (non-hydrogen) atoms. The van der Waals surface area contributed by atoms with Gasteiger partial charge in [0.15, 0.2) is 5.75 Å². The maximum atomic E-state index is 10.9. The molecule has 0 spiro atoms. The Bertz CT molecular complexity index is 940. The number of ether oxygens (including phenoxy) is 1. The molecule has 0 amide bonds. The summed E-state index contributed by atoms with van der Waals surface area (Å²) in [7, 11) is 0. The Hall–Kier alpha value is -1.79. The Kier molecular flexibility index (Phi) is 5.73. The summed E-state index contributed by atoms with van der Waals surface area (Å²) in [4.78, 5) is 14.2. The van der Waals surface area contributed by atoms with E-state index in [1.54, 1.807) is 12.1 Å². The van der Waals surface area contributed by atoms with Gasteiger partial charge >= 0.3 is 5.97 Å². The third kappa shape index (κ3) is 4.30. The number of hydrogen-bond acceptors (Lipinski definition) is 2. The van der Waals surface area contributed by atoms with E-state index in [1.165, 1.54) is 5.56 Å². The van der Waals surface area contributed by atoms with Crippen LogP contribution in [0.25, 0.3) is 10.9 Å². The Balaban J connectivity index is 1.92. The first kappa shape index (κ1) is 19.0. The number of nitrogens with one attached hydrogen (secondary N) is 1. The molecular formula is C20H19Br2NO3. The van der Waals surface area contributed by atoms with Crippen molar-refractivity contribution in [3.8, 4) is 11.5 Å². The number of carbonyl (C=O) groups is 1. The van der Waals surface area contributed by atoms with Crippen molar-refractivity contribution in [2.75, 3.05) is 0 Å². The lowest BCUT2D eigenvalue weighted by Crippen LogP contribution is -2.00. The fourth-order valence-corrected chi connectivity index (χ4v) is 4.38. The van der Waals surface area contributed by atoms with Crippen molar-refractivity contribution in [1.29, 1.82) is 0 Å². The fraction of sp³-hybridized carbons (Fsp3) is 0.250. The number of hydrogen-bond donors (Lipinski definition) is 2. The number of H-pyrrole nitrogens is 1. The molecular weight excluding hydrogens is 462 g/mol. The molecule has 4 nitrogen and oxygen atoms in total. The lowest BCUT2D eigenvalue weighted by Gasteiger charge is -2.12. The van der Waals surface area contributed by atoms with Crippen LogP contribution in [-0.4, -0.2) is 16.1 Å². The van der Waals surface area contributed by atoms with E-state index in [-0.39, 0.29) is 6.42 Å². The summed E-state index contributed by atoms with van der Waals surface area (Å²) in [6.45, 7) is 4.40. The summed E-state index contributed by atoms with van der Waals surface area (Å²) in [5.74, 6) is 1.06. The molecule has 3 rings (SSSR count). The maximum Gasteiger partial charge on any atom is 0.307 e. The summed E-state index contributed by atoms with van der Waals surface area (Å²) in [6.07, 6.45) is 3.02. The summed E-state index contributed by atoms with van der Waals surface area (Å²) in [6, 6.07) is 9.51. The van der Waals surface area contributed by atoms with Gasteiger partial charge in [-0.2, -0.15) is 0 Å². The minimum atomic E-state index is -0.868. The van der Waals surface area contributed by atoms with Gasteiger partial charge in [-0.25, -0.2) is 0 Å². The third-order valence-corrected chi connectivity index (χ3v) is 5.18. The van der Waals surface area contributed by atoms with Gasteiger partial charge in [-0.15, -0.1) is 0 Å². The third-order valence-electron chi connectivity index (χ3n) is 4.00. The summed E-state index contributed by atoms with van der Waals surface area (Å²) >= 11 is 6.96. The highest BCUT2D eigenvalue weighted by atomic mass is 79.9. The largest absolute Gasteiger partial charge is 0.481 e. The number of aromatic amines is 1. The molecule has 6 heteroatoms. The summed E-state index contributed by atoms with van der Waals surface area (Å²) in [5, 5.41) is 10.1. The number of rotatable bonds is 6. The van der Waals surface area contributed by atoms with Crippen molar-refractivity contribution in [2.24, 2.45) is 5.92 Å². The average Bonchev–Trinajstić information content (AvgIpc) is 2.92. The molecule has 3 aromatic rings. The lowest BCUT2D eigenvalue weighted by molar-refractivity contribution is -0.136. The van der Waals surface area contributed by atoms with Crippen LogP contribution in [0.4, 0.5) is 0 Å². The van der Waals surface area contributed by atoms with E-state index in [4.69, 9.17) is 9.84 Å². The van der Waals surface area contributed by atoms with Crippen molar-refractivity contribution in [1.82, 2.24) is 4.98 Å². The molecule has 0 saturated carbocycles. The Morgan fingerprint density at radius 1 is 1.19 bits per heavy atom. The first-order chi connectivity index (χ1) is 12.3. The van der Waals surface area contributed by atoms with Gasteiger partial charge in [0.1, 0.15) is 5.75 Å². The van der Waals surface area contributed by atoms with Crippen molar-refractivity contribution in [3.05, 3.63) is 56.6 Å². The zero-order valence-electron chi connectivity index (χ0n) is 14.5. The zero-order chi connectivity index (χ0) is 18.8. The van der Waals surface area contributed by atoms with Gasteiger partial charge in [-0.1, -0.05) is 13.8 Å². The molecule has 0 aliphatic rings. The molecule has 1 heterocycles. The first-order valence-electron chi connectivity index (χ1n) is 8.31. The predicted molar refractivity (Wildman–Crippen MR) is 110 cm³/mol. The number of halogens is 2. The minimum Gasteiger partial charge on any atom is -0.481 e. The Labute approximate surface area is 168 Å². The fourth-order valence-electron chi connectivity index (χ4n) is 2.93. The summed E-state index contributed by atoms with van der Waals surface area (Å²) < 4.78 is 7.50. The van der Waals surface area contributed by atoms with Gasteiger partial charge in [0.25, 0.3) is 0 Å². The minimum absolute atomic E-state index is 0.0364. The number of aliphatic carboxylic acids is 1. The molecule has 136 valence electrons. The van der Waals surface area contributed by atoms with Gasteiger partial charge in [0.05, 0.1) is 15.4 Å². The van der Waals surface area contributed by atoms with E-state index in [1.807, 2.05) is 18.2 Å². The van der Waals surface area contributed by atoms with E-state index in [9.17, 15) is 4.79 Å². The second-order valence-corrected chi connectivity index (χ2v) is 8.39. The van der Waals surface area contributed by atoms with Crippen LogP contribution in [0.15, 0.2) is 45.5 Å². The van der Waals surface area contributed by atoms with E-state index < -0.39 is 5.97 Å². The molecule has 0 saturated heterocycles. The van der Waals surface area contributed by atoms with Crippen LogP contribution in [0, 0.1) is 5.92 Å². The number of fused-ring (bicyclic) bond motifs is 1. The van der Waals surface area contributed by atoms with Crippen molar-refractivity contribution in [2.45, 2.75) is 26.7 Å². The average molecular weight is 481 g/mol. The van der Waals surface area contributed by atoms with Crippen LogP contribution in [0.2, 0.25) is 0 Å². The smallest absolute Gasteiger partial charge is 0.307 e. The monoisotopic (exact) mass is 479 g/mol. The van der Waals surface area contributed by atoms with Gasteiger partial charge in [-0.05, 0) is 85.7 Å². The van der Waals surface area contributed by atoms with Crippen LogP contribution in [0.1, 0.15) is 25.0 Å². The highest BCUT2D eigenvalue weighted by Crippen LogP contribution is 2.39. The number of carboxylic acids is 1.